The highest BCUT2D eigenvalue weighted by Crippen LogP contribution is 2.21. The Balaban J connectivity index is 1.65. The summed E-state index contributed by atoms with van der Waals surface area (Å²) >= 11 is 1.02. The third-order valence-electron chi connectivity index (χ3n) is 3.78. The van der Waals surface area contributed by atoms with E-state index in [1.165, 1.54) is 38.3 Å². The highest BCUT2D eigenvalue weighted by atomic mass is 32.2. The maximum absolute atomic E-state index is 12.4. The van der Waals surface area contributed by atoms with Crippen LogP contribution >= 0.6 is 11.5 Å². The molecular weight excluding hydrogens is 400 g/mol. The zero-order chi connectivity index (χ0) is 20.1. The summed E-state index contributed by atoms with van der Waals surface area (Å²) in [7, 11) is -2.37. The minimum Gasteiger partial charge on any atom is -0.497 e. The second-order valence-electron chi connectivity index (χ2n) is 5.80. The van der Waals surface area contributed by atoms with E-state index in [9.17, 15) is 13.2 Å². The molecule has 28 heavy (non-hydrogen) atoms. The lowest BCUT2D eigenvalue weighted by molar-refractivity contribution is -0.117. The number of benzene rings is 2. The van der Waals surface area contributed by atoms with Crippen molar-refractivity contribution in [1.82, 2.24) is 14.1 Å². The van der Waals surface area contributed by atoms with Crippen molar-refractivity contribution in [2.75, 3.05) is 12.4 Å². The van der Waals surface area contributed by atoms with E-state index < -0.39 is 22.0 Å². The van der Waals surface area contributed by atoms with Crippen LogP contribution in [0, 0.1) is 0 Å². The molecule has 0 saturated carbocycles. The first-order valence-electron chi connectivity index (χ1n) is 8.25. The summed E-state index contributed by atoms with van der Waals surface area (Å²) in [4.78, 5) is 16.6. The molecule has 0 radical (unpaired) electrons. The number of anilines is 1. The normalized spacial score (nSPS) is 12.4. The highest BCUT2D eigenvalue weighted by Gasteiger charge is 2.23. The quantitative estimate of drug-likeness (QED) is 0.610. The molecule has 3 rings (SSSR count). The molecule has 0 aliphatic heterocycles. The molecule has 1 heterocycles. The van der Waals surface area contributed by atoms with Crippen LogP contribution in [0.4, 0.5) is 5.13 Å². The summed E-state index contributed by atoms with van der Waals surface area (Å²) in [5.74, 6) is 0.496. The summed E-state index contributed by atoms with van der Waals surface area (Å²) in [6, 6.07) is 14.2. The summed E-state index contributed by atoms with van der Waals surface area (Å²) in [6.45, 7) is 1.45. The molecule has 0 unspecified atom stereocenters. The molecule has 3 aromatic rings. The first-order chi connectivity index (χ1) is 13.4. The fraction of sp³-hybridized carbons (Fsp3) is 0.167. The van der Waals surface area contributed by atoms with Crippen molar-refractivity contribution in [3.8, 4) is 17.1 Å². The van der Waals surface area contributed by atoms with Gasteiger partial charge in [-0.05, 0) is 31.2 Å². The minimum absolute atomic E-state index is 0.0372. The van der Waals surface area contributed by atoms with E-state index in [0.717, 1.165) is 17.1 Å². The van der Waals surface area contributed by atoms with Crippen LogP contribution < -0.4 is 14.8 Å². The van der Waals surface area contributed by atoms with Gasteiger partial charge >= 0.3 is 0 Å². The summed E-state index contributed by atoms with van der Waals surface area (Å²) in [5.41, 5.74) is 0.826. The second kappa shape index (κ2) is 8.46. The molecule has 8 nitrogen and oxygen atoms in total. The lowest BCUT2D eigenvalue weighted by atomic mass is 10.2. The average molecular weight is 419 g/mol. The van der Waals surface area contributed by atoms with Crippen LogP contribution in [0.1, 0.15) is 6.92 Å². The number of sulfonamides is 1. The number of hydrogen-bond donors (Lipinski definition) is 2. The molecule has 1 amide bonds. The number of carbonyl (C=O) groups excluding carboxylic acids is 1. The van der Waals surface area contributed by atoms with E-state index in [2.05, 4.69) is 19.4 Å². The van der Waals surface area contributed by atoms with Crippen molar-refractivity contribution in [1.29, 1.82) is 0 Å². The van der Waals surface area contributed by atoms with E-state index in [1.807, 2.05) is 30.3 Å². The molecule has 0 saturated heterocycles. The third kappa shape index (κ3) is 4.71. The smallest absolute Gasteiger partial charge is 0.244 e. The van der Waals surface area contributed by atoms with Gasteiger partial charge in [-0.3, -0.25) is 10.1 Å². The van der Waals surface area contributed by atoms with Gasteiger partial charge in [0, 0.05) is 17.1 Å². The molecular formula is C18H18N4O4S2. The fourth-order valence-electron chi connectivity index (χ4n) is 2.30. The largest absolute Gasteiger partial charge is 0.497 e. The number of aromatic nitrogens is 2. The van der Waals surface area contributed by atoms with E-state index in [0.29, 0.717) is 16.7 Å². The van der Waals surface area contributed by atoms with Gasteiger partial charge in [0.1, 0.15) is 5.75 Å². The van der Waals surface area contributed by atoms with Crippen molar-refractivity contribution in [2.45, 2.75) is 17.9 Å². The van der Waals surface area contributed by atoms with Gasteiger partial charge in [-0.2, -0.15) is 14.1 Å². The summed E-state index contributed by atoms with van der Waals surface area (Å²) in [6.07, 6.45) is 0. The first-order valence-corrected chi connectivity index (χ1v) is 10.5. The molecule has 1 atom stereocenters. The lowest BCUT2D eigenvalue weighted by Crippen LogP contribution is -2.41. The third-order valence-corrected chi connectivity index (χ3v) is 5.97. The predicted molar refractivity (Wildman–Crippen MR) is 107 cm³/mol. The Morgan fingerprint density at radius 1 is 1.11 bits per heavy atom. The monoisotopic (exact) mass is 418 g/mol. The average Bonchev–Trinajstić information content (AvgIpc) is 3.17. The molecule has 146 valence electrons. The number of ether oxygens (including phenoxy) is 1. The van der Waals surface area contributed by atoms with Gasteiger partial charge in [0.15, 0.2) is 5.82 Å². The zero-order valence-corrected chi connectivity index (χ0v) is 16.8. The Hall–Kier alpha value is -2.82. The Morgan fingerprint density at radius 3 is 2.43 bits per heavy atom. The van der Waals surface area contributed by atoms with Gasteiger partial charge in [-0.1, -0.05) is 30.3 Å². The van der Waals surface area contributed by atoms with E-state index in [-0.39, 0.29) is 4.90 Å². The van der Waals surface area contributed by atoms with Gasteiger partial charge in [-0.25, -0.2) is 8.42 Å². The van der Waals surface area contributed by atoms with Crippen LogP contribution in [0.25, 0.3) is 11.4 Å². The van der Waals surface area contributed by atoms with Crippen molar-refractivity contribution >= 4 is 32.6 Å². The SMILES string of the molecule is COc1ccc(S(=O)(=O)N[C@@H](C)C(=O)Nc2nc(-c3ccccc3)ns2)cc1. The van der Waals surface area contributed by atoms with Crippen LogP contribution in [-0.2, 0) is 14.8 Å². The lowest BCUT2D eigenvalue weighted by Gasteiger charge is -2.13. The van der Waals surface area contributed by atoms with Crippen LogP contribution in [0.2, 0.25) is 0 Å². The van der Waals surface area contributed by atoms with Gasteiger partial charge in [-0.15, -0.1) is 0 Å². The summed E-state index contributed by atoms with van der Waals surface area (Å²) < 4.78 is 36.4. The van der Waals surface area contributed by atoms with E-state index in [4.69, 9.17) is 4.74 Å². The minimum atomic E-state index is -3.86. The molecule has 2 N–H and O–H groups in total. The molecule has 0 bridgehead atoms. The number of rotatable bonds is 7. The van der Waals surface area contributed by atoms with Crippen molar-refractivity contribution < 1.29 is 17.9 Å². The van der Waals surface area contributed by atoms with Crippen LogP contribution in [-0.4, -0.2) is 36.8 Å². The van der Waals surface area contributed by atoms with Gasteiger partial charge in [0.2, 0.25) is 21.1 Å². The molecule has 0 fully saturated rings. The van der Waals surface area contributed by atoms with E-state index >= 15 is 0 Å². The number of hydrogen-bond acceptors (Lipinski definition) is 7. The number of amides is 1. The number of carbonyl (C=O) groups is 1. The van der Waals surface area contributed by atoms with Crippen molar-refractivity contribution in [2.24, 2.45) is 0 Å². The molecule has 0 spiro atoms. The first kappa shape index (κ1) is 19.9. The highest BCUT2D eigenvalue weighted by molar-refractivity contribution is 7.89. The topological polar surface area (TPSA) is 110 Å². The predicted octanol–water partition coefficient (Wildman–Crippen LogP) is 2.52. The van der Waals surface area contributed by atoms with Crippen molar-refractivity contribution in [3.05, 3.63) is 54.6 Å². The van der Waals surface area contributed by atoms with E-state index in [1.54, 1.807) is 0 Å². The van der Waals surface area contributed by atoms with Gasteiger partial charge in [0.25, 0.3) is 0 Å². The Kier molecular flexibility index (Phi) is 6.02. The van der Waals surface area contributed by atoms with Crippen molar-refractivity contribution in [3.63, 3.8) is 0 Å². The second-order valence-corrected chi connectivity index (χ2v) is 8.26. The molecule has 0 aliphatic carbocycles. The number of nitrogens with one attached hydrogen (secondary N) is 2. The zero-order valence-electron chi connectivity index (χ0n) is 15.1. The van der Waals surface area contributed by atoms with Gasteiger partial charge in [0.05, 0.1) is 18.0 Å². The Labute approximate surface area is 166 Å². The number of methoxy groups -OCH3 is 1. The standard InChI is InChI=1S/C18H18N4O4S2/c1-12(22-28(24,25)15-10-8-14(26-2)9-11-15)17(23)20-18-19-16(21-27-18)13-6-4-3-5-7-13/h3-12,22H,1-2H3,(H,19,20,21,23)/t12-/m0/s1. The van der Waals surface area contributed by atoms with Crippen LogP contribution in [0.15, 0.2) is 59.5 Å². The van der Waals surface area contributed by atoms with Crippen LogP contribution in [0.3, 0.4) is 0 Å². The molecule has 2 aromatic carbocycles. The molecule has 1 aromatic heterocycles. The molecule has 0 aliphatic rings. The van der Waals surface area contributed by atoms with Gasteiger partial charge < -0.3 is 4.74 Å². The Bertz CT molecular complexity index is 1050. The Morgan fingerprint density at radius 2 is 1.79 bits per heavy atom. The fourth-order valence-corrected chi connectivity index (χ4v) is 4.10. The molecule has 10 heteroatoms. The number of nitrogens with zero attached hydrogens (tertiary/aromatic N) is 2. The van der Waals surface area contributed by atoms with Crippen LogP contribution in [0.5, 0.6) is 5.75 Å². The maximum atomic E-state index is 12.4. The maximum Gasteiger partial charge on any atom is 0.244 e. The summed E-state index contributed by atoms with van der Waals surface area (Å²) in [5, 5.41) is 2.87.